The van der Waals surface area contributed by atoms with E-state index in [4.69, 9.17) is 9.57 Å². The summed E-state index contributed by atoms with van der Waals surface area (Å²) in [5, 5.41) is 11.7. The van der Waals surface area contributed by atoms with Crippen molar-refractivity contribution in [1.29, 1.82) is 0 Å². The molecule has 1 aliphatic heterocycles. The van der Waals surface area contributed by atoms with E-state index in [1.54, 1.807) is 7.11 Å². The van der Waals surface area contributed by atoms with Gasteiger partial charge >= 0.3 is 0 Å². The molecule has 20 heavy (non-hydrogen) atoms. The molecular weight excluding hydrogens is 260 g/mol. The Hall–Kier alpha value is -0.690. The van der Waals surface area contributed by atoms with E-state index in [1.807, 2.05) is 27.7 Å². The number of hydroxylamine groups is 3. The third kappa shape index (κ3) is 4.15. The fraction of sp³-hybridized carbons (Fsp3) is 0.929. The van der Waals surface area contributed by atoms with Crippen LogP contribution in [0.2, 0.25) is 0 Å². The first-order valence-corrected chi connectivity index (χ1v) is 7.00. The molecule has 1 amide bonds. The van der Waals surface area contributed by atoms with Crippen molar-refractivity contribution in [1.82, 2.24) is 10.5 Å². The third-order valence-corrected chi connectivity index (χ3v) is 3.96. The van der Waals surface area contributed by atoms with Gasteiger partial charge in [0, 0.05) is 25.1 Å². The number of methoxy groups -OCH3 is 1. The second-order valence-electron chi connectivity index (χ2n) is 6.85. The van der Waals surface area contributed by atoms with E-state index in [0.717, 1.165) is 12.8 Å². The Morgan fingerprint density at radius 3 is 2.25 bits per heavy atom. The van der Waals surface area contributed by atoms with Crippen LogP contribution in [0, 0.1) is 5.92 Å². The third-order valence-electron chi connectivity index (χ3n) is 3.96. The Labute approximate surface area is 121 Å². The minimum atomic E-state index is -0.322. The molecule has 118 valence electrons. The predicted molar refractivity (Wildman–Crippen MR) is 75.1 cm³/mol. The molecule has 0 bridgehead atoms. The molecular formula is C14H28N2O4. The molecule has 1 heterocycles. The maximum atomic E-state index is 10.8. The number of ether oxygens (including phenoxy) is 1. The summed E-state index contributed by atoms with van der Waals surface area (Å²) < 4.78 is 5.52. The number of amides is 1. The molecule has 0 aromatic heterocycles. The van der Waals surface area contributed by atoms with Gasteiger partial charge in [-0.05, 0) is 46.5 Å². The van der Waals surface area contributed by atoms with Gasteiger partial charge in [0.15, 0.2) is 0 Å². The second kappa shape index (κ2) is 6.39. The van der Waals surface area contributed by atoms with Gasteiger partial charge in [-0.25, -0.2) is 5.48 Å². The molecule has 0 aliphatic carbocycles. The van der Waals surface area contributed by atoms with Gasteiger partial charge in [0.25, 0.3) is 0 Å². The number of rotatable bonds is 5. The number of piperidine rings is 1. The van der Waals surface area contributed by atoms with Crippen LogP contribution >= 0.6 is 0 Å². The Balaban J connectivity index is 2.70. The van der Waals surface area contributed by atoms with Crippen LogP contribution < -0.4 is 5.48 Å². The van der Waals surface area contributed by atoms with Crippen LogP contribution in [0.1, 0.15) is 47.5 Å². The zero-order chi connectivity index (χ0) is 15.6. The standard InChI is InChI=1S/C14H28N2O4/c1-10(17)15-20-9-12(19-6)11-7-13(2,3)16(18)14(4,5)8-11/h11-12,18H,7-9H2,1-6H3,(H,15,17). The Morgan fingerprint density at radius 2 is 1.85 bits per heavy atom. The highest BCUT2D eigenvalue weighted by Gasteiger charge is 2.47. The zero-order valence-electron chi connectivity index (χ0n) is 13.4. The van der Waals surface area contributed by atoms with Crippen LogP contribution in [-0.2, 0) is 14.4 Å². The van der Waals surface area contributed by atoms with E-state index in [-0.39, 0.29) is 29.0 Å². The first-order valence-electron chi connectivity index (χ1n) is 7.00. The summed E-state index contributed by atoms with van der Waals surface area (Å²) in [7, 11) is 1.65. The van der Waals surface area contributed by atoms with Gasteiger partial charge in [0.1, 0.15) is 6.61 Å². The van der Waals surface area contributed by atoms with E-state index in [2.05, 4.69) is 5.48 Å². The molecule has 6 heteroatoms. The molecule has 1 unspecified atom stereocenters. The van der Waals surface area contributed by atoms with Gasteiger partial charge in [-0.1, -0.05) is 0 Å². The topological polar surface area (TPSA) is 71.0 Å². The van der Waals surface area contributed by atoms with Gasteiger partial charge in [-0.2, -0.15) is 5.06 Å². The fourth-order valence-electron chi connectivity index (χ4n) is 3.23. The fourth-order valence-corrected chi connectivity index (χ4v) is 3.23. The van der Waals surface area contributed by atoms with Crippen LogP contribution in [0.3, 0.4) is 0 Å². The molecule has 0 aromatic carbocycles. The molecule has 1 aliphatic rings. The van der Waals surface area contributed by atoms with E-state index in [1.165, 1.54) is 12.0 Å². The number of hydrogen-bond donors (Lipinski definition) is 2. The highest BCUT2D eigenvalue weighted by Crippen LogP contribution is 2.41. The number of hydrogen-bond acceptors (Lipinski definition) is 5. The van der Waals surface area contributed by atoms with Crippen molar-refractivity contribution in [3.63, 3.8) is 0 Å². The van der Waals surface area contributed by atoms with E-state index in [9.17, 15) is 10.0 Å². The van der Waals surface area contributed by atoms with Gasteiger partial charge in [-0.3, -0.25) is 9.63 Å². The summed E-state index contributed by atoms with van der Waals surface area (Å²) in [5.41, 5.74) is 1.68. The van der Waals surface area contributed by atoms with Crippen molar-refractivity contribution >= 4 is 5.91 Å². The van der Waals surface area contributed by atoms with Gasteiger partial charge in [0.05, 0.1) is 6.10 Å². The molecule has 1 saturated heterocycles. The van der Waals surface area contributed by atoms with Gasteiger partial charge in [0.2, 0.25) is 5.91 Å². The summed E-state index contributed by atoms with van der Waals surface area (Å²) in [5.74, 6) is 0.0212. The molecule has 1 rings (SSSR count). The first-order chi connectivity index (χ1) is 9.10. The minimum Gasteiger partial charge on any atom is -0.379 e. The van der Waals surface area contributed by atoms with Crippen molar-refractivity contribution in [2.75, 3.05) is 13.7 Å². The number of carbonyl (C=O) groups excluding carboxylic acids is 1. The summed E-state index contributed by atoms with van der Waals surface area (Å²) >= 11 is 0. The molecule has 6 nitrogen and oxygen atoms in total. The zero-order valence-corrected chi connectivity index (χ0v) is 13.4. The van der Waals surface area contributed by atoms with Crippen LogP contribution in [0.4, 0.5) is 0 Å². The molecule has 0 aromatic rings. The largest absolute Gasteiger partial charge is 0.379 e. The predicted octanol–water partition coefficient (Wildman–Crippen LogP) is 1.73. The highest BCUT2D eigenvalue weighted by atomic mass is 16.7. The minimum absolute atomic E-state index is 0.117. The molecule has 0 saturated carbocycles. The van der Waals surface area contributed by atoms with Crippen molar-refractivity contribution in [2.24, 2.45) is 5.92 Å². The number of nitrogens with one attached hydrogen (secondary N) is 1. The maximum absolute atomic E-state index is 10.8. The van der Waals surface area contributed by atoms with Crippen LogP contribution in [-0.4, -0.2) is 47.1 Å². The molecule has 0 spiro atoms. The lowest BCUT2D eigenvalue weighted by molar-refractivity contribution is -0.259. The summed E-state index contributed by atoms with van der Waals surface area (Å²) in [4.78, 5) is 16.0. The van der Waals surface area contributed by atoms with Gasteiger partial charge in [-0.15, -0.1) is 0 Å². The van der Waals surface area contributed by atoms with Crippen LogP contribution in [0.5, 0.6) is 0 Å². The van der Waals surface area contributed by atoms with Crippen LogP contribution in [0.25, 0.3) is 0 Å². The van der Waals surface area contributed by atoms with E-state index in [0.29, 0.717) is 6.61 Å². The SMILES string of the molecule is COC(CONC(C)=O)C1CC(C)(C)N(O)C(C)(C)C1. The van der Waals surface area contributed by atoms with E-state index >= 15 is 0 Å². The Morgan fingerprint density at radius 1 is 1.35 bits per heavy atom. The Bertz CT molecular complexity index is 326. The summed E-state index contributed by atoms with van der Waals surface area (Å²) in [6.45, 7) is 9.77. The second-order valence-corrected chi connectivity index (χ2v) is 6.85. The van der Waals surface area contributed by atoms with Crippen molar-refractivity contribution < 1.29 is 19.6 Å². The Kier molecular flexibility index (Phi) is 5.54. The molecule has 0 radical (unpaired) electrons. The molecule has 1 atom stereocenters. The van der Waals surface area contributed by atoms with Crippen molar-refractivity contribution in [2.45, 2.75) is 64.6 Å². The average molecular weight is 288 g/mol. The molecule has 2 N–H and O–H groups in total. The number of nitrogens with zero attached hydrogens (tertiary/aromatic N) is 1. The average Bonchev–Trinajstić information content (AvgIpc) is 2.30. The lowest BCUT2D eigenvalue weighted by atomic mass is 9.73. The highest BCUT2D eigenvalue weighted by molar-refractivity contribution is 5.71. The van der Waals surface area contributed by atoms with Crippen LogP contribution in [0.15, 0.2) is 0 Å². The van der Waals surface area contributed by atoms with Gasteiger partial charge < -0.3 is 9.94 Å². The van der Waals surface area contributed by atoms with Crippen molar-refractivity contribution in [3.05, 3.63) is 0 Å². The van der Waals surface area contributed by atoms with E-state index < -0.39 is 0 Å². The number of carbonyl (C=O) groups is 1. The first kappa shape index (κ1) is 17.4. The summed E-state index contributed by atoms with van der Waals surface area (Å²) in [6.07, 6.45) is 1.48. The quantitative estimate of drug-likeness (QED) is 0.754. The lowest BCUT2D eigenvalue weighted by Gasteiger charge is -2.52. The van der Waals surface area contributed by atoms with Crippen molar-refractivity contribution in [3.8, 4) is 0 Å². The maximum Gasteiger partial charge on any atom is 0.240 e. The smallest absolute Gasteiger partial charge is 0.240 e. The normalized spacial score (nSPS) is 24.4. The lowest BCUT2D eigenvalue weighted by Crippen LogP contribution is -2.60. The molecule has 1 fully saturated rings. The summed E-state index contributed by atoms with van der Waals surface area (Å²) in [6, 6.07) is 0. The monoisotopic (exact) mass is 288 g/mol.